The normalized spacial score (nSPS) is 11.2. The van der Waals surface area contributed by atoms with Gasteiger partial charge in [-0.2, -0.15) is 0 Å². The van der Waals surface area contributed by atoms with E-state index in [0.29, 0.717) is 12.6 Å². The molecular formula is C15H20BrNO3. The summed E-state index contributed by atoms with van der Waals surface area (Å²) in [6, 6.07) is 6.15. The van der Waals surface area contributed by atoms with Gasteiger partial charge in [0.15, 0.2) is 0 Å². The number of halogens is 1. The molecule has 4 nitrogen and oxygen atoms in total. The van der Waals surface area contributed by atoms with Gasteiger partial charge in [0.2, 0.25) is 0 Å². The Balaban J connectivity index is 3.15. The van der Waals surface area contributed by atoms with Gasteiger partial charge in [-0.05, 0) is 43.7 Å². The Morgan fingerprint density at radius 3 is 2.75 bits per heavy atom. The van der Waals surface area contributed by atoms with Crippen molar-refractivity contribution in [2.45, 2.75) is 19.9 Å². The van der Waals surface area contributed by atoms with Crippen LogP contribution in [0, 0.1) is 0 Å². The molecular weight excluding hydrogens is 322 g/mol. The number of carboxylic acids is 1. The lowest BCUT2D eigenvalue weighted by molar-refractivity contribution is -0.131. The van der Waals surface area contributed by atoms with E-state index in [9.17, 15) is 4.79 Å². The average Bonchev–Trinajstić information content (AvgIpc) is 2.38. The molecule has 0 aromatic heterocycles. The SMILES string of the molecule is COCCN(c1ccc(Br)cc1/C=C/C(=O)O)C(C)C. The van der Waals surface area contributed by atoms with Crippen molar-refractivity contribution in [2.75, 3.05) is 25.2 Å². The molecule has 0 aliphatic carbocycles. The van der Waals surface area contributed by atoms with Crippen molar-refractivity contribution in [3.8, 4) is 0 Å². The highest BCUT2D eigenvalue weighted by atomic mass is 79.9. The van der Waals surface area contributed by atoms with Crippen LogP contribution >= 0.6 is 15.9 Å². The number of anilines is 1. The zero-order valence-electron chi connectivity index (χ0n) is 12.0. The first-order valence-electron chi connectivity index (χ1n) is 6.42. The lowest BCUT2D eigenvalue weighted by Crippen LogP contribution is -2.34. The van der Waals surface area contributed by atoms with E-state index in [-0.39, 0.29) is 0 Å². The maximum absolute atomic E-state index is 10.7. The van der Waals surface area contributed by atoms with E-state index < -0.39 is 5.97 Å². The van der Waals surface area contributed by atoms with Gasteiger partial charge in [0.1, 0.15) is 0 Å². The van der Waals surface area contributed by atoms with Gasteiger partial charge in [0, 0.05) is 35.9 Å². The number of ether oxygens (including phenoxy) is 1. The monoisotopic (exact) mass is 341 g/mol. The number of carboxylic acid groups (broad SMARTS) is 1. The molecule has 5 heteroatoms. The summed E-state index contributed by atoms with van der Waals surface area (Å²) in [6.45, 7) is 5.57. The maximum atomic E-state index is 10.7. The summed E-state index contributed by atoms with van der Waals surface area (Å²) in [5, 5.41) is 8.79. The number of aliphatic carboxylic acids is 1. The topological polar surface area (TPSA) is 49.8 Å². The zero-order valence-corrected chi connectivity index (χ0v) is 13.6. The van der Waals surface area contributed by atoms with Gasteiger partial charge < -0.3 is 14.7 Å². The van der Waals surface area contributed by atoms with Gasteiger partial charge in [-0.15, -0.1) is 0 Å². The molecule has 0 atom stereocenters. The van der Waals surface area contributed by atoms with E-state index in [1.165, 1.54) is 0 Å². The van der Waals surface area contributed by atoms with Crippen LogP contribution in [0.3, 0.4) is 0 Å². The third kappa shape index (κ3) is 4.98. The Bertz CT molecular complexity index is 486. The molecule has 110 valence electrons. The summed E-state index contributed by atoms with van der Waals surface area (Å²) in [7, 11) is 1.67. The molecule has 1 aromatic carbocycles. The fourth-order valence-electron chi connectivity index (χ4n) is 1.93. The molecule has 0 spiro atoms. The van der Waals surface area contributed by atoms with Crippen LogP contribution < -0.4 is 4.90 Å². The van der Waals surface area contributed by atoms with Crippen LogP contribution in [-0.4, -0.2) is 37.4 Å². The smallest absolute Gasteiger partial charge is 0.328 e. The molecule has 0 saturated carbocycles. The van der Waals surface area contributed by atoms with Crippen molar-refractivity contribution in [3.05, 3.63) is 34.3 Å². The molecule has 0 aliphatic rings. The fourth-order valence-corrected chi connectivity index (χ4v) is 2.31. The molecule has 0 fully saturated rings. The number of nitrogens with zero attached hydrogens (tertiary/aromatic N) is 1. The predicted octanol–water partition coefficient (Wildman–Crippen LogP) is 3.41. The van der Waals surface area contributed by atoms with Crippen molar-refractivity contribution in [1.29, 1.82) is 0 Å². The minimum atomic E-state index is -0.955. The number of rotatable bonds is 7. The average molecular weight is 342 g/mol. The highest BCUT2D eigenvalue weighted by Crippen LogP contribution is 2.27. The second-order valence-corrected chi connectivity index (χ2v) is 5.57. The summed E-state index contributed by atoms with van der Waals surface area (Å²) in [6.07, 6.45) is 2.77. The van der Waals surface area contributed by atoms with E-state index in [1.807, 2.05) is 18.2 Å². The molecule has 0 radical (unpaired) electrons. The quantitative estimate of drug-likeness (QED) is 0.772. The van der Waals surface area contributed by atoms with Crippen LogP contribution in [0.1, 0.15) is 19.4 Å². The van der Waals surface area contributed by atoms with Gasteiger partial charge in [-0.1, -0.05) is 15.9 Å². The predicted molar refractivity (Wildman–Crippen MR) is 85.2 cm³/mol. The second kappa shape index (κ2) is 8.07. The first kappa shape index (κ1) is 16.7. The van der Waals surface area contributed by atoms with E-state index in [4.69, 9.17) is 9.84 Å². The third-order valence-electron chi connectivity index (χ3n) is 2.86. The highest BCUT2D eigenvalue weighted by Gasteiger charge is 2.13. The van der Waals surface area contributed by atoms with E-state index in [2.05, 4.69) is 34.7 Å². The Labute approximate surface area is 128 Å². The van der Waals surface area contributed by atoms with E-state index in [1.54, 1.807) is 13.2 Å². The summed E-state index contributed by atoms with van der Waals surface area (Å²) in [5.41, 5.74) is 1.87. The number of hydrogen-bond donors (Lipinski definition) is 1. The molecule has 1 rings (SSSR count). The van der Waals surface area contributed by atoms with Gasteiger partial charge in [-0.3, -0.25) is 0 Å². The van der Waals surface area contributed by atoms with Gasteiger partial charge in [0.25, 0.3) is 0 Å². The molecule has 0 saturated heterocycles. The van der Waals surface area contributed by atoms with Crippen LogP contribution in [0.15, 0.2) is 28.7 Å². The Morgan fingerprint density at radius 1 is 1.50 bits per heavy atom. The summed E-state index contributed by atoms with van der Waals surface area (Å²) < 4.78 is 6.06. The minimum absolute atomic E-state index is 0.295. The molecule has 0 amide bonds. The lowest BCUT2D eigenvalue weighted by atomic mass is 10.1. The van der Waals surface area contributed by atoms with E-state index >= 15 is 0 Å². The van der Waals surface area contributed by atoms with Crippen LogP contribution in [-0.2, 0) is 9.53 Å². The number of benzene rings is 1. The van der Waals surface area contributed by atoms with Crippen LogP contribution in [0.5, 0.6) is 0 Å². The van der Waals surface area contributed by atoms with Crippen LogP contribution in [0.25, 0.3) is 6.08 Å². The molecule has 0 bridgehead atoms. The fraction of sp³-hybridized carbons (Fsp3) is 0.400. The lowest BCUT2D eigenvalue weighted by Gasteiger charge is -2.30. The van der Waals surface area contributed by atoms with Crippen molar-refractivity contribution in [2.24, 2.45) is 0 Å². The standard InChI is InChI=1S/C15H20BrNO3/c1-11(2)17(8-9-20-3)14-6-5-13(16)10-12(14)4-7-15(18)19/h4-7,10-11H,8-9H2,1-3H3,(H,18,19)/b7-4+. The van der Waals surface area contributed by atoms with Crippen molar-refractivity contribution in [3.63, 3.8) is 0 Å². The summed E-state index contributed by atoms with van der Waals surface area (Å²) >= 11 is 3.42. The van der Waals surface area contributed by atoms with Gasteiger partial charge in [0.05, 0.1) is 6.61 Å². The third-order valence-corrected chi connectivity index (χ3v) is 3.36. The Kier molecular flexibility index (Phi) is 6.75. The van der Waals surface area contributed by atoms with E-state index in [0.717, 1.165) is 28.3 Å². The number of methoxy groups -OCH3 is 1. The van der Waals surface area contributed by atoms with Crippen molar-refractivity contribution in [1.82, 2.24) is 0 Å². The van der Waals surface area contributed by atoms with Gasteiger partial charge in [-0.25, -0.2) is 4.79 Å². The molecule has 20 heavy (non-hydrogen) atoms. The zero-order chi connectivity index (χ0) is 15.1. The largest absolute Gasteiger partial charge is 0.478 e. The second-order valence-electron chi connectivity index (χ2n) is 4.65. The molecule has 1 aromatic rings. The summed E-state index contributed by atoms with van der Waals surface area (Å²) in [4.78, 5) is 12.9. The van der Waals surface area contributed by atoms with Crippen molar-refractivity contribution < 1.29 is 14.6 Å². The molecule has 0 heterocycles. The minimum Gasteiger partial charge on any atom is -0.478 e. The Hall–Kier alpha value is -1.33. The number of carbonyl (C=O) groups is 1. The Morgan fingerprint density at radius 2 is 2.20 bits per heavy atom. The molecule has 0 aliphatic heterocycles. The van der Waals surface area contributed by atoms with Crippen molar-refractivity contribution >= 4 is 33.7 Å². The molecule has 0 unspecified atom stereocenters. The molecule has 1 N–H and O–H groups in total. The highest BCUT2D eigenvalue weighted by molar-refractivity contribution is 9.10. The summed E-state index contributed by atoms with van der Waals surface area (Å²) in [5.74, 6) is -0.955. The maximum Gasteiger partial charge on any atom is 0.328 e. The number of hydrogen-bond acceptors (Lipinski definition) is 3. The van der Waals surface area contributed by atoms with Gasteiger partial charge >= 0.3 is 5.97 Å². The van der Waals surface area contributed by atoms with Crippen LogP contribution in [0.2, 0.25) is 0 Å². The first-order valence-corrected chi connectivity index (χ1v) is 7.21. The van der Waals surface area contributed by atoms with Crippen LogP contribution in [0.4, 0.5) is 5.69 Å². The first-order chi connectivity index (χ1) is 9.45.